The number of nitrogens with zero attached hydrogens (tertiary/aromatic N) is 2. The van der Waals surface area contributed by atoms with Gasteiger partial charge in [0.25, 0.3) is 0 Å². The van der Waals surface area contributed by atoms with Crippen molar-refractivity contribution >= 4 is 13.1 Å². The van der Waals surface area contributed by atoms with Crippen molar-refractivity contribution in [2.24, 2.45) is 0 Å². The second kappa shape index (κ2) is 6.77. The first-order chi connectivity index (χ1) is 6.51. The second-order valence-electron chi connectivity index (χ2n) is 2.58. The van der Waals surface area contributed by atoms with E-state index in [-0.39, 0.29) is 75.4 Å². The molecule has 0 spiro atoms. The van der Waals surface area contributed by atoms with Crippen LogP contribution in [0.2, 0.25) is 0 Å². The van der Waals surface area contributed by atoms with Crippen LogP contribution in [0, 0.1) is 0 Å². The van der Waals surface area contributed by atoms with E-state index in [0.717, 1.165) is 6.08 Å². The van der Waals surface area contributed by atoms with Crippen LogP contribution in [0.25, 0.3) is 6.08 Å². The van der Waals surface area contributed by atoms with Gasteiger partial charge in [-0.05, 0) is 0 Å². The molecule has 0 fully saturated rings. The predicted octanol–water partition coefficient (Wildman–Crippen LogP) is -1.63. The smallest absolute Gasteiger partial charge is 0.445 e. The van der Waals surface area contributed by atoms with Gasteiger partial charge in [-0.25, -0.2) is 9.97 Å². The molecule has 0 bridgehead atoms. The van der Waals surface area contributed by atoms with Crippen molar-refractivity contribution in [2.75, 3.05) is 0 Å². The van der Waals surface area contributed by atoms with Crippen LogP contribution in [-0.2, 0) is 6.61 Å². The maximum Gasteiger partial charge on any atom is 1.00 e. The molecule has 8 heteroatoms. The monoisotopic (exact) mass is 242 g/mol. The van der Waals surface area contributed by atoms with Gasteiger partial charge in [-0.3, -0.25) is 0 Å². The van der Waals surface area contributed by atoms with Crippen LogP contribution in [0.3, 0.4) is 0 Å². The summed E-state index contributed by atoms with van der Waals surface area (Å²) in [4.78, 5) is 7.25. The molecule has 0 saturated heterocycles. The Kier molecular flexibility index (Phi) is 6.89. The van der Waals surface area contributed by atoms with Gasteiger partial charge in [-0.1, -0.05) is 6.08 Å². The second-order valence-corrected chi connectivity index (χ2v) is 2.58. The number of aromatic nitrogens is 2. The Balaban J connectivity index is 0.00000196. The summed E-state index contributed by atoms with van der Waals surface area (Å²) in [5.74, 6) is 0.344. The summed E-state index contributed by atoms with van der Waals surface area (Å²) in [6, 6.07) is 0. The molecule has 0 atom stereocenters. The van der Waals surface area contributed by atoms with E-state index >= 15 is 0 Å². The standard InChI is InChI=1S/C7H7BF3N2O.K/c9-8(10,11)2-1-6-3-12-7(5-14)13-4-6;/h1-4,14H,5H2;/q-1;+1/b2-1+;. The van der Waals surface area contributed by atoms with Gasteiger partial charge in [0.05, 0.1) is 0 Å². The Morgan fingerprint density at radius 3 is 2.20 bits per heavy atom. The molecule has 15 heavy (non-hydrogen) atoms. The third-order valence-corrected chi connectivity index (χ3v) is 1.37. The van der Waals surface area contributed by atoms with Crippen LogP contribution in [0.4, 0.5) is 12.9 Å². The van der Waals surface area contributed by atoms with Gasteiger partial charge >= 0.3 is 58.4 Å². The Bertz CT molecular complexity index is 328. The number of halogens is 3. The molecule has 0 saturated carbocycles. The van der Waals surface area contributed by atoms with Crippen LogP contribution < -0.4 is 51.4 Å². The molecule has 0 unspecified atom stereocenters. The number of aliphatic hydroxyl groups is 1. The molecule has 3 nitrogen and oxygen atoms in total. The van der Waals surface area contributed by atoms with E-state index in [9.17, 15) is 12.9 Å². The van der Waals surface area contributed by atoms with Crippen LogP contribution in [0.1, 0.15) is 11.4 Å². The number of aliphatic hydroxyl groups excluding tert-OH is 1. The first-order valence-corrected chi connectivity index (χ1v) is 3.82. The molecule has 0 aliphatic heterocycles. The summed E-state index contributed by atoms with van der Waals surface area (Å²) in [6.07, 6.45) is 3.33. The molecule has 76 valence electrons. The molecule has 0 amide bonds. The first kappa shape index (κ1) is 15.3. The van der Waals surface area contributed by atoms with Crippen LogP contribution in [0.15, 0.2) is 18.4 Å². The van der Waals surface area contributed by atoms with Crippen molar-refractivity contribution in [3.63, 3.8) is 0 Å². The van der Waals surface area contributed by atoms with Crippen LogP contribution in [0.5, 0.6) is 0 Å². The third-order valence-electron chi connectivity index (χ3n) is 1.37. The molecule has 0 aromatic carbocycles. The topological polar surface area (TPSA) is 46.0 Å². The molecule has 0 aliphatic rings. The number of rotatable bonds is 3. The van der Waals surface area contributed by atoms with Gasteiger partial charge in [0, 0.05) is 18.0 Å². The first-order valence-electron chi connectivity index (χ1n) is 3.82. The van der Waals surface area contributed by atoms with E-state index < -0.39 is 6.98 Å². The van der Waals surface area contributed by atoms with E-state index in [1.165, 1.54) is 12.4 Å². The van der Waals surface area contributed by atoms with Gasteiger partial charge in [-0.15, -0.1) is 5.98 Å². The van der Waals surface area contributed by atoms with Gasteiger partial charge in [0.15, 0.2) is 5.82 Å². The molecular weight excluding hydrogens is 235 g/mol. The Hall–Kier alpha value is 0.271. The normalized spacial score (nSPS) is 11.5. The average Bonchev–Trinajstić information content (AvgIpc) is 2.14. The van der Waals surface area contributed by atoms with Crippen molar-refractivity contribution in [1.29, 1.82) is 0 Å². The van der Waals surface area contributed by atoms with Crippen LogP contribution in [-0.4, -0.2) is 22.1 Å². The Morgan fingerprint density at radius 1 is 1.27 bits per heavy atom. The summed E-state index contributed by atoms with van der Waals surface area (Å²) in [6.45, 7) is -5.25. The fraction of sp³-hybridized carbons (Fsp3) is 0.143. The summed E-state index contributed by atoms with van der Waals surface area (Å²) >= 11 is 0. The third kappa shape index (κ3) is 6.44. The summed E-state index contributed by atoms with van der Waals surface area (Å²) in [5.41, 5.74) is 0.251. The van der Waals surface area contributed by atoms with Crippen molar-refractivity contribution in [1.82, 2.24) is 9.97 Å². The van der Waals surface area contributed by atoms with Gasteiger partial charge < -0.3 is 18.1 Å². The summed E-state index contributed by atoms with van der Waals surface area (Å²) in [5, 5.41) is 8.57. The molecule has 1 rings (SSSR count). The minimum absolute atomic E-state index is 0. The molecule has 0 aliphatic carbocycles. The quantitative estimate of drug-likeness (QED) is 0.647. The van der Waals surface area contributed by atoms with E-state index in [1.807, 2.05) is 0 Å². The summed E-state index contributed by atoms with van der Waals surface area (Å²) in [7, 11) is 0. The van der Waals surface area contributed by atoms with Gasteiger partial charge in [-0.2, -0.15) is 0 Å². The zero-order chi connectivity index (χ0) is 10.6. The zero-order valence-electron chi connectivity index (χ0n) is 8.07. The predicted molar refractivity (Wildman–Crippen MR) is 46.1 cm³/mol. The molecular formula is C7H7BF3KN2O. The molecule has 1 N–H and O–H groups in total. The SMILES string of the molecule is OCc1ncc(/C=C/[B-](F)(F)F)cn1.[K+]. The van der Waals surface area contributed by atoms with Crippen molar-refractivity contribution in [3.05, 3.63) is 29.8 Å². The maximum atomic E-state index is 11.8. The minimum Gasteiger partial charge on any atom is -0.445 e. The minimum atomic E-state index is -4.93. The van der Waals surface area contributed by atoms with E-state index in [2.05, 4.69) is 9.97 Å². The van der Waals surface area contributed by atoms with Gasteiger partial charge in [0.1, 0.15) is 6.61 Å². The van der Waals surface area contributed by atoms with Crippen molar-refractivity contribution < 1.29 is 69.4 Å². The van der Waals surface area contributed by atoms with E-state index in [4.69, 9.17) is 5.11 Å². The van der Waals surface area contributed by atoms with Gasteiger partial charge in [0.2, 0.25) is 0 Å². The molecule has 1 aromatic rings. The maximum absolute atomic E-state index is 11.8. The van der Waals surface area contributed by atoms with E-state index in [1.54, 1.807) is 0 Å². The molecule has 0 radical (unpaired) electrons. The Labute approximate surface area is 127 Å². The van der Waals surface area contributed by atoms with Crippen molar-refractivity contribution in [2.45, 2.75) is 6.61 Å². The zero-order valence-corrected chi connectivity index (χ0v) is 11.2. The average molecular weight is 242 g/mol. The number of hydrogen-bond acceptors (Lipinski definition) is 3. The number of hydrogen-bond donors (Lipinski definition) is 1. The van der Waals surface area contributed by atoms with E-state index in [0.29, 0.717) is 0 Å². The molecule has 1 heterocycles. The largest absolute Gasteiger partial charge is 1.00 e. The summed E-state index contributed by atoms with van der Waals surface area (Å²) < 4.78 is 35.3. The molecule has 1 aromatic heterocycles. The Morgan fingerprint density at radius 2 is 1.80 bits per heavy atom. The fourth-order valence-corrected chi connectivity index (χ4v) is 0.753. The van der Waals surface area contributed by atoms with Crippen molar-refractivity contribution in [3.8, 4) is 0 Å². The van der Waals surface area contributed by atoms with Crippen LogP contribution >= 0.6 is 0 Å². The fourth-order valence-electron chi connectivity index (χ4n) is 0.753.